The maximum Gasteiger partial charge on any atom is 0.322 e. The van der Waals surface area contributed by atoms with Crippen LogP contribution >= 0.6 is 0 Å². The molecule has 0 aromatic carbocycles. The Morgan fingerprint density at radius 3 is 2.41 bits per heavy atom. The summed E-state index contributed by atoms with van der Waals surface area (Å²) >= 11 is 0. The first-order valence-electron chi connectivity index (χ1n) is 13.0. The van der Waals surface area contributed by atoms with E-state index in [9.17, 15) is 24.9 Å². The predicted octanol–water partition coefficient (Wildman–Crippen LogP) is 3.20. The molecule has 0 radical (unpaired) electrons. The van der Waals surface area contributed by atoms with E-state index in [1.165, 1.54) is 0 Å². The third-order valence-corrected chi connectivity index (χ3v) is 10.8. The Hall–Kier alpha value is -1.18. The van der Waals surface area contributed by atoms with Crippen LogP contribution in [0.2, 0.25) is 0 Å². The Morgan fingerprint density at radius 2 is 1.74 bits per heavy atom. The number of fused-ring (bicyclic) bond motifs is 5. The van der Waals surface area contributed by atoms with Crippen LogP contribution < -0.4 is 5.32 Å². The standard InChI is InChI=1S/C26H43NO6.CH4/c1-14(4-7-22(31)27-13-23(32)33)17-5-6-18-24-19(12-21(30)26(17,18)3)25(2)9-8-16(28)10-15(25)11-20(24)29;/h14-21,24,28-30H,4-13H2,1-3H3,(H,27,31)(H,32,33);1H4/t14-,15+,16-,17-,18+,19+,20-,21+,24+,25+,26-;/m1./s1. The van der Waals surface area contributed by atoms with E-state index >= 15 is 0 Å². The number of rotatable bonds is 6. The summed E-state index contributed by atoms with van der Waals surface area (Å²) in [7, 11) is 0. The van der Waals surface area contributed by atoms with Gasteiger partial charge in [0.25, 0.3) is 0 Å². The SMILES string of the molecule is C.C[C@H](CCC(=O)NCC(=O)O)[C@H]1CC[C@H]2[C@@H]3[C@H](O)C[C@@H]4C[C@H](O)CC[C@]4(C)[C@H]3C[C@H](O)[C@]12C. The lowest BCUT2D eigenvalue weighted by Gasteiger charge is -2.63. The lowest BCUT2D eigenvalue weighted by molar-refractivity contribution is -0.207. The molecule has 0 aromatic heterocycles. The third-order valence-electron chi connectivity index (χ3n) is 10.8. The van der Waals surface area contributed by atoms with Crippen LogP contribution in [-0.4, -0.2) is 57.2 Å². The average Bonchev–Trinajstić information content (AvgIpc) is 3.11. The second-order valence-electron chi connectivity index (χ2n) is 12.2. The summed E-state index contributed by atoms with van der Waals surface area (Å²) in [6, 6.07) is 0. The van der Waals surface area contributed by atoms with Gasteiger partial charge >= 0.3 is 5.97 Å². The van der Waals surface area contributed by atoms with Gasteiger partial charge in [-0.15, -0.1) is 0 Å². The van der Waals surface area contributed by atoms with Crippen molar-refractivity contribution in [1.82, 2.24) is 5.32 Å². The van der Waals surface area contributed by atoms with Gasteiger partial charge in [0.05, 0.1) is 18.3 Å². The maximum absolute atomic E-state index is 12.0. The zero-order chi connectivity index (χ0) is 24.1. The molecule has 4 fully saturated rings. The fourth-order valence-corrected chi connectivity index (χ4v) is 8.95. The molecular weight excluding hydrogens is 434 g/mol. The summed E-state index contributed by atoms with van der Waals surface area (Å²) in [4.78, 5) is 22.7. The van der Waals surface area contributed by atoms with E-state index in [1.807, 2.05) is 0 Å². The molecule has 0 aliphatic heterocycles. The van der Waals surface area contributed by atoms with Crippen molar-refractivity contribution in [2.75, 3.05) is 6.54 Å². The van der Waals surface area contributed by atoms with Gasteiger partial charge in [-0.25, -0.2) is 0 Å². The number of nitrogens with one attached hydrogen (secondary N) is 1. The molecular formula is C27H47NO6. The largest absolute Gasteiger partial charge is 0.480 e. The molecule has 4 saturated carbocycles. The number of hydrogen-bond acceptors (Lipinski definition) is 5. The third kappa shape index (κ3) is 4.53. The smallest absolute Gasteiger partial charge is 0.322 e. The van der Waals surface area contributed by atoms with Crippen molar-refractivity contribution in [1.29, 1.82) is 0 Å². The van der Waals surface area contributed by atoms with Gasteiger partial charge in [-0.3, -0.25) is 9.59 Å². The molecule has 34 heavy (non-hydrogen) atoms. The van der Waals surface area contributed by atoms with E-state index in [0.29, 0.717) is 25.2 Å². The van der Waals surface area contributed by atoms with Gasteiger partial charge in [-0.1, -0.05) is 28.2 Å². The highest BCUT2D eigenvalue weighted by Gasteiger charge is 2.65. The first-order chi connectivity index (χ1) is 15.5. The second-order valence-corrected chi connectivity index (χ2v) is 12.2. The number of carboxylic acids is 1. The number of aliphatic hydroxyl groups is 3. The van der Waals surface area contributed by atoms with Gasteiger partial charge < -0.3 is 25.7 Å². The van der Waals surface area contributed by atoms with Crippen molar-refractivity contribution in [3.8, 4) is 0 Å². The van der Waals surface area contributed by atoms with E-state index < -0.39 is 12.1 Å². The second kappa shape index (κ2) is 10.1. The van der Waals surface area contributed by atoms with Crippen molar-refractivity contribution in [2.45, 2.75) is 104 Å². The Bertz CT molecular complexity index is 759. The quantitative estimate of drug-likeness (QED) is 0.396. The van der Waals surface area contributed by atoms with Crippen LogP contribution in [0.3, 0.4) is 0 Å². The molecule has 4 aliphatic carbocycles. The normalized spacial score (nSPS) is 46.3. The number of carboxylic acid groups (broad SMARTS) is 1. The molecule has 0 unspecified atom stereocenters. The van der Waals surface area contributed by atoms with Gasteiger partial charge in [0.1, 0.15) is 6.54 Å². The van der Waals surface area contributed by atoms with Crippen LogP contribution in [0.15, 0.2) is 0 Å². The molecule has 11 atom stereocenters. The number of aliphatic hydroxyl groups excluding tert-OH is 3. The minimum atomic E-state index is -1.04. The summed E-state index contributed by atoms with van der Waals surface area (Å²) in [5, 5.41) is 44.4. The molecule has 5 N–H and O–H groups in total. The van der Waals surface area contributed by atoms with E-state index in [-0.39, 0.29) is 72.5 Å². The van der Waals surface area contributed by atoms with Crippen LogP contribution in [0.4, 0.5) is 0 Å². The van der Waals surface area contributed by atoms with Crippen LogP contribution in [0.1, 0.15) is 86.0 Å². The summed E-state index contributed by atoms with van der Waals surface area (Å²) < 4.78 is 0. The van der Waals surface area contributed by atoms with Crippen molar-refractivity contribution in [3.05, 3.63) is 0 Å². The fraction of sp³-hybridized carbons (Fsp3) is 0.926. The van der Waals surface area contributed by atoms with Gasteiger partial charge in [0.15, 0.2) is 0 Å². The molecule has 0 heterocycles. The minimum absolute atomic E-state index is 0. The molecule has 4 rings (SSSR count). The number of aliphatic carboxylic acids is 1. The van der Waals surface area contributed by atoms with Gasteiger partial charge in [0, 0.05) is 6.42 Å². The Morgan fingerprint density at radius 1 is 1.03 bits per heavy atom. The maximum atomic E-state index is 12.0. The van der Waals surface area contributed by atoms with Crippen molar-refractivity contribution in [3.63, 3.8) is 0 Å². The van der Waals surface area contributed by atoms with Gasteiger partial charge in [0.2, 0.25) is 5.91 Å². The molecule has 7 heteroatoms. The van der Waals surface area contributed by atoms with E-state index in [4.69, 9.17) is 5.11 Å². The number of hydrogen-bond donors (Lipinski definition) is 5. The lowest BCUT2D eigenvalue weighted by atomic mass is 9.43. The minimum Gasteiger partial charge on any atom is -0.480 e. The fourth-order valence-electron chi connectivity index (χ4n) is 8.95. The summed E-state index contributed by atoms with van der Waals surface area (Å²) in [5.41, 5.74) is -0.214. The summed E-state index contributed by atoms with van der Waals surface area (Å²) in [6.07, 6.45) is 5.86. The number of carbonyl (C=O) groups is 2. The number of carbonyl (C=O) groups excluding carboxylic acids is 1. The first kappa shape index (κ1) is 27.4. The molecule has 7 nitrogen and oxygen atoms in total. The average molecular weight is 482 g/mol. The molecule has 1 amide bonds. The summed E-state index contributed by atoms with van der Waals surface area (Å²) in [5.74, 6) is 0.265. The first-order valence-corrected chi connectivity index (χ1v) is 13.0. The highest BCUT2D eigenvalue weighted by molar-refractivity contribution is 5.81. The van der Waals surface area contributed by atoms with Gasteiger partial charge in [-0.05, 0) is 97.7 Å². The molecule has 196 valence electrons. The molecule has 4 aliphatic rings. The van der Waals surface area contributed by atoms with Crippen LogP contribution in [0.25, 0.3) is 0 Å². The number of amides is 1. The highest BCUT2D eigenvalue weighted by atomic mass is 16.4. The van der Waals surface area contributed by atoms with Crippen molar-refractivity contribution in [2.24, 2.45) is 46.3 Å². The van der Waals surface area contributed by atoms with E-state index in [1.54, 1.807) is 0 Å². The van der Waals surface area contributed by atoms with E-state index in [2.05, 4.69) is 26.1 Å². The monoisotopic (exact) mass is 481 g/mol. The van der Waals surface area contributed by atoms with Crippen LogP contribution in [-0.2, 0) is 9.59 Å². The van der Waals surface area contributed by atoms with Crippen molar-refractivity contribution >= 4 is 11.9 Å². The van der Waals surface area contributed by atoms with Crippen LogP contribution in [0, 0.1) is 46.3 Å². The van der Waals surface area contributed by atoms with Gasteiger partial charge in [-0.2, -0.15) is 0 Å². The van der Waals surface area contributed by atoms with Crippen molar-refractivity contribution < 1.29 is 30.0 Å². The zero-order valence-corrected chi connectivity index (χ0v) is 20.4. The Balaban J connectivity index is 0.00000324. The molecule has 0 saturated heterocycles. The summed E-state index contributed by atoms with van der Waals surface area (Å²) in [6.45, 7) is 6.35. The topological polar surface area (TPSA) is 127 Å². The van der Waals surface area contributed by atoms with E-state index in [0.717, 1.165) is 38.5 Å². The zero-order valence-electron chi connectivity index (χ0n) is 20.4. The lowest BCUT2D eigenvalue weighted by Crippen LogP contribution is -2.62. The highest BCUT2D eigenvalue weighted by Crippen LogP contribution is 2.68. The Kier molecular flexibility index (Phi) is 8.11. The molecule has 0 aromatic rings. The Labute approximate surface area is 204 Å². The van der Waals surface area contributed by atoms with Crippen LogP contribution in [0.5, 0.6) is 0 Å². The predicted molar refractivity (Wildman–Crippen MR) is 130 cm³/mol. The molecule has 0 spiro atoms. The molecule has 0 bridgehead atoms.